The van der Waals surface area contributed by atoms with Crippen LogP contribution in [0.4, 0.5) is 5.13 Å². The summed E-state index contributed by atoms with van der Waals surface area (Å²) in [5.41, 5.74) is 5.17. The lowest BCUT2D eigenvalue weighted by Gasteiger charge is -2.07. The Bertz CT molecular complexity index is 1240. The van der Waals surface area contributed by atoms with Crippen LogP contribution in [-0.2, 0) is 17.8 Å². The topological polar surface area (TPSA) is 75.6 Å². The number of benzene rings is 2. The van der Waals surface area contributed by atoms with Gasteiger partial charge in [0.05, 0.1) is 5.69 Å². The molecule has 2 N–H and O–H groups in total. The zero-order chi connectivity index (χ0) is 21.1. The van der Waals surface area contributed by atoms with Crippen LogP contribution in [0.25, 0.3) is 22.6 Å². The average molecular weight is 436 g/mol. The predicted octanol–water partition coefficient (Wildman–Crippen LogP) is 5.24. The molecule has 6 nitrogen and oxygen atoms in total. The normalized spacial score (nSPS) is 10.9. The second-order valence-electron chi connectivity index (χ2n) is 6.94. The van der Waals surface area contributed by atoms with Crippen molar-refractivity contribution in [1.82, 2.24) is 19.7 Å². The van der Waals surface area contributed by atoms with E-state index >= 15 is 0 Å². The SMILES string of the molecule is CCc1ccc(-c2csc(NC(=O)Cn3c(-c4cccc(C)c4)n[nH]c3=S)n2)cc1. The highest BCUT2D eigenvalue weighted by molar-refractivity contribution is 7.71. The van der Waals surface area contributed by atoms with E-state index in [0.29, 0.717) is 15.7 Å². The van der Waals surface area contributed by atoms with Crippen LogP contribution in [0, 0.1) is 11.7 Å². The number of aromatic nitrogens is 4. The molecule has 0 aliphatic carbocycles. The number of carbonyl (C=O) groups is 1. The number of anilines is 1. The second kappa shape index (κ2) is 8.73. The number of hydrogen-bond acceptors (Lipinski definition) is 5. The molecule has 1 amide bonds. The number of hydrogen-bond donors (Lipinski definition) is 2. The Balaban J connectivity index is 1.49. The molecule has 0 bridgehead atoms. The van der Waals surface area contributed by atoms with Crippen molar-refractivity contribution in [3.63, 3.8) is 0 Å². The van der Waals surface area contributed by atoms with Gasteiger partial charge in [-0.15, -0.1) is 11.3 Å². The number of nitrogens with zero attached hydrogens (tertiary/aromatic N) is 3. The molecule has 4 rings (SSSR count). The van der Waals surface area contributed by atoms with Gasteiger partial charge in [0.1, 0.15) is 6.54 Å². The van der Waals surface area contributed by atoms with E-state index in [-0.39, 0.29) is 12.5 Å². The first-order valence-electron chi connectivity index (χ1n) is 9.60. The molecule has 0 fully saturated rings. The number of aromatic amines is 1. The third-order valence-corrected chi connectivity index (χ3v) is 5.81. The molecule has 0 aliphatic rings. The van der Waals surface area contributed by atoms with E-state index in [2.05, 4.69) is 51.7 Å². The maximum absolute atomic E-state index is 12.7. The van der Waals surface area contributed by atoms with Crippen molar-refractivity contribution in [3.05, 3.63) is 69.8 Å². The van der Waals surface area contributed by atoms with Crippen molar-refractivity contribution in [2.24, 2.45) is 0 Å². The zero-order valence-corrected chi connectivity index (χ0v) is 18.3. The molecule has 0 unspecified atom stereocenters. The van der Waals surface area contributed by atoms with Crippen LogP contribution < -0.4 is 5.32 Å². The van der Waals surface area contributed by atoms with Gasteiger partial charge < -0.3 is 5.32 Å². The van der Waals surface area contributed by atoms with E-state index < -0.39 is 0 Å². The first-order chi connectivity index (χ1) is 14.5. The number of aryl methyl sites for hydroxylation is 2. The molecule has 0 spiro atoms. The third kappa shape index (κ3) is 4.39. The van der Waals surface area contributed by atoms with E-state index in [1.807, 2.05) is 36.6 Å². The monoisotopic (exact) mass is 435 g/mol. The predicted molar refractivity (Wildman–Crippen MR) is 123 cm³/mol. The van der Waals surface area contributed by atoms with Gasteiger partial charge in [-0.25, -0.2) is 4.98 Å². The van der Waals surface area contributed by atoms with Gasteiger partial charge in [-0.3, -0.25) is 14.5 Å². The molecular weight excluding hydrogens is 414 g/mol. The van der Waals surface area contributed by atoms with Gasteiger partial charge in [0.2, 0.25) is 5.91 Å². The fourth-order valence-corrected chi connectivity index (χ4v) is 4.08. The van der Waals surface area contributed by atoms with Gasteiger partial charge >= 0.3 is 0 Å². The minimum Gasteiger partial charge on any atom is -0.300 e. The van der Waals surface area contributed by atoms with E-state index in [1.54, 1.807) is 4.57 Å². The lowest BCUT2D eigenvalue weighted by Crippen LogP contribution is -2.19. The minimum absolute atomic E-state index is 0.0543. The largest absolute Gasteiger partial charge is 0.300 e. The molecule has 2 heterocycles. The standard InChI is InChI=1S/C22H21N5OS2/c1-3-15-7-9-16(10-8-15)18-13-30-21(23-18)24-19(28)12-27-20(25-26-22(27)29)17-6-4-5-14(2)11-17/h4-11,13H,3,12H2,1-2H3,(H,26,29)(H,23,24,28). The summed E-state index contributed by atoms with van der Waals surface area (Å²) in [7, 11) is 0. The van der Waals surface area contributed by atoms with Gasteiger partial charge in [0, 0.05) is 16.5 Å². The Morgan fingerprint density at radius 3 is 2.73 bits per heavy atom. The Hall–Kier alpha value is -3.10. The van der Waals surface area contributed by atoms with Crippen molar-refractivity contribution < 1.29 is 4.79 Å². The van der Waals surface area contributed by atoms with Crippen molar-refractivity contribution in [1.29, 1.82) is 0 Å². The summed E-state index contributed by atoms with van der Waals surface area (Å²) in [6.45, 7) is 4.19. The van der Waals surface area contributed by atoms with Crippen LogP contribution in [-0.4, -0.2) is 25.7 Å². The molecule has 2 aromatic carbocycles. The van der Waals surface area contributed by atoms with Gasteiger partial charge in [-0.1, -0.05) is 55.0 Å². The molecule has 4 aromatic rings. The molecule has 30 heavy (non-hydrogen) atoms. The molecule has 0 aliphatic heterocycles. The lowest BCUT2D eigenvalue weighted by atomic mass is 10.1. The molecule has 2 aromatic heterocycles. The Morgan fingerprint density at radius 1 is 1.20 bits per heavy atom. The van der Waals surface area contributed by atoms with E-state index in [1.165, 1.54) is 16.9 Å². The number of nitrogens with one attached hydrogen (secondary N) is 2. The van der Waals surface area contributed by atoms with Gasteiger partial charge in [-0.05, 0) is 37.2 Å². The van der Waals surface area contributed by atoms with Crippen LogP contribution >= 0.6 is 23.6 Å². The maximum atomic E-state index is 12.7. The number of amides is 1. The molecule has 0 atom stereocenters. The minimum atomic E-state index is -0.205. The summed E-state index contributed by atoms with van der Waals surface area (Å²) in [5.74, 6) is 0.429. The van der Waals surface area contributed by atoms with Crippen molar-refractivity contribution in [2.45, 2.75) is 26.8 Å². The number of thiazole rings is 1. The molecule has 152 valence electrons. The lowest BCUT2D eigenvalue weighted by molar-refractivity contribution is -0.116. The quantitative estimate of drug-likeness (QED) is 0.406. The molecule has 0 saturated heterocycles. The third-order valence-electron chi connectivity index (χ3n) is 4.74. The fourth-order valence-electron chi connectivity index (χ4n) is 3.15. The Labute approximate surface area is 183 Å². The summed E-state index contributed by atoms with van der Waals surface area (Å²) in [6, 6.07) is 16.2. The van der Waals surface area contributed by atoms with Gasteiger partial charge in [0.25, 0.3) is 0 Å². The van der Waals surface area contributed by atoms with Crippen molar-refractivity contribution in [2.75, 3.05) is 5.32 Å². The van der Waals surface area contributed by atoms with E-state index in [4.69, 9.17) is 12.2 Å². The number of H-pyrrole nitrogens is 1. The molecular formula is C22H21N5OS2. The summed E-state index contributed by atoms with van der Waals surface area (Å²) in [4.78, 5) is 17.2. The second-order valence-corrected chi connectivity index (χ2v) is 8.19. The Kier molecular flexibility index (Phi) is 5.87. The summed E-state index contributed by atoms with van der Waals surface area (Å²) >= 11 is 6.73. The summed E-state index contributed by atoms with van der Waals surface area (Å²) < 4.78 is 2.09. The van der Waals surface area contributed by atoms with Crippen LogP contribution in [0.1, 0.15) is 18.1 Å². The maximum Gasteiger partial charge on any atom is 0.246 e. The molecule has 0 saturated carbocycles. The van der Waals surface area contributed by atoms with Gasteiger partial charge in [0.15, 0.2) is 15.7 Å². The average Bonchev–Trinajstić information content (AvgIpc) is 3.35. The first-order valence-corrected chi connectivity index (χ1v) is 10.9. The van der Waals surface area contributed by atoms with Crippen molar-refractivity contribution >= 4 is 34.6 Å². The van der Waals surface area contributed by atoms with Gasteiger partial charge in [-0.2, -0.15) is 5.10 Å². The first kappa shape index (κ1) is 20.2. The van der Waals surface area contributed by atoms with Crippen LogP contribution in [0.2, 0.25) is 0 Å². The molecule has 8 heteroatoms. The molecule has 0 radical (unpaired) electrons. The van der Waals surface area contributed by atoms with Crippen molar-refractivity contribution in [3.8, 4) is 22.6 Å². The summed E-state index contributed by atoms with van der Waals surface area (Å²) in [6.07, 6.45) is 1.000. The van der Waals surface area contributed by atoms with E-state index in [0.717, 1.165) is 28.8 Å². The van der Waals surface area contributed by atoms with E-state index in [9.17, 15) is 4.79 Å². The Morgan fingerprint density at radius 2 is 2.00 bits per heavy atom. The van der Waals surface area contributed by atoms with Crippen LogP contribution in [0.5, 0.6) is 0 Å². The van der Waals surface area contributed by atoms with Crippen LogP contribution in [0.15, 0.2) is 53.9 Å². The highest BCUT2D eigenvalue weighted by Gasteiger charge is 2.14. The zero-order valence-electron chi connectivity index (χ0n) is 16.7. The number of rotatable bonds is 6. The highest BCUT2D eigenvalue weighted by Crippen LogP contribution is 2.25. The highest BCUT2D eigenvalue weighted by atomic mass is 32.1. The smallest absolute Gasteiger partial charge is 0.246 e. The van der Waals surface area contributed by atoms with Crippen LogP contribution in [0.3, 0.4) is 0 Å². The fraction of sp³-hybridized carbons (Fsp3) is 0.182. The summed E-state index contributed by atoms with van der Waals surface area (Å²) in [5, 5.41) is 12.4. The number of carbonyl (C=O) groups excluding carboxylic acids is 1.